The molecule has 3 heterocycles. The molecule has 1 atom stereocenters. The lowest BCUT2D eigenvalue weighted by atomic mass is 10.1. The van der Waals surface area contributed by atoms with Gasteiger partial charge >= 0.3 is 5.69 Å². The van der Waals surface area contributed by atoms with Crippen LogP contribution in [0.25, 0.3) is 11.2 Å². The number of hydrogen-bond donors (Lipinski definition) is 2. The molecule has 0 bridgehead atoms. The molecule has 1 aliphatic heterocycles. The summed E-state index contributed by atoms with van der Waals surface area (Å²) in [5.74, 6) is 0.726. The fraction of sp³-hybridized carbons (Fsp3) is 0.650. The Morgan fingerprint density at radius 3 is 2.72 bits per heavy atom. The number of fused-ring (bicyclic) bond motifs is 1. The second kappa shape index (κ2) is 8.96. The summed E-state index contributed by atoms with van der Waals surface area (Å²) < 4.78 is 4.52. The van der Waals surface area contributed by atoms with Crippen LogP contribution in [0.4, 0.5) is 5.95 Å². The number of aliphatic hydroxyl groups is 1. The van der Waals surface area contributed by atoms with E-state index in [0.29, 0.717) is 23.8 Å². The van der Waals surface area contributed by atoms with Gasteiger partial charge in [-0.15, -0.1) is 0 Å². The van der Waals surface area contributed by atoms with E-state index in [2.05, 4.69) is 16.3 Å². The van der Waals surface area contributed by atoms with Crippen molar-refractivity contribution < 1.29 is 5.11 Å². The third-order valence-corrected chi connectivity index (χ3v) is 5.48. The van der Waals surface area contributed by atoms with Gasteiger partial charge in [0.05, 0.1) is 0 Å². The first-order chi connectivity index (χ1) is 13.8. The highest BCUT2D eigenvalue weighted by Crippen LogP contribution is 2.23. The van der Waals surface area contributed by atoms with Gasteiger partial charge in [-0.3, -0.25) is 13.9 Å². The molecule has 0 spiro atoms. The first-order valence-electron chi connectivity index (χ1n) is 10.2. The van der Waals surface area contributed by atoms with Gasteiger partial charge in [0.25, 0.3) is 5.56 Å². The molecule has 1 fully saturated rings. The van der Waals surface area contributed by atoms with Crippen molar-refractivity contribution >= 4 is 17.1 Å². The van der Waals surface area contributed by atoms with Gasteiger partial charge in [0.15, 0.2) is 11.2 Å². The number of hydrogen-bond acceptors (Lipinski definition) is 6. The second-order valence-electron chi connectivity index (χ2n) is 8.00. The van der Waals surface area contributed by atoms with Crippen molar-refractivity contribution in [2.24, 2.45) is 14.1 Å². The molecular formula is C20H32N6O3. The normalized spacial score (nSPS) is 17.1. The maximum absolute atomic E-state index is 12.9. The minimum atomic E-state index is -0.372. The van der Waals surface area contributed by atoms with Crippen molar-refractivity contribution in [3.63, 3.8) is 0 Å². The van der Waals surface area contributed by atoms with Crippen LogP contribution in [0.2, 0.25) is 0 Å². The highest BCUT2D eigenvalue weighted by molar-refractivity contribution is 5.74. The van der Waals surface area contributed by atoms with E-state index in [-0.39, 0.29) is 17.9 Å². The van der Waals surface area contributed by atoms with Crippen molar-refractivity contribution in [3.05, 3.63) is 32.5 Å². The van der Waals surface area contributed by atoms with E-state index in [9.17, 15) is 9.59 Å². The number of nitrogens with zero attached hydrogens (tertiary/aromatic N) is 5. The predicted octanol–water partition coefficient (Wildman–Crippen LogP) is 0.341. The number of imidazole rings is 1. The Hall–Kier alpha value is -2.39. The molecule has 1 aliphatic rings. The van der Waals surface area contributed by atoms with Crippen LogP contribution in [-0.4, -0.2) is 56.1 Å². The molecule has 1 saturated heterocycles. The van der Waals surface area contributed by atoms with Crippen molar-refractivity contribution in [2.45, 2.75) is 45.7 Å². The Morgan fingerprint density at radius 2 is 2.03 bits per heavy atom. The largest absolute Gasteiger partial charge is 0.396 e. The number of anilines is 1. The quantitative estimate of drug-likeness (QED) is 0.510. The van der Waals surface area contributed by atoms with Gasteiger partial charge in [-0.05, 0) is 39.7 Å². The van der Waals surface area contributed by atoms with Crippen molar-refractivity contribution in [1.29, 1.82) is 0 Å². The zero-order valence-corrected chi connectivity index (χ0v) is 17.8. The number of piperidine rings is 1. The zero-order chi connectivity index (χ0) is 21.1. The van der Waals surface area contributed by atoms with Gasteiger partial charge < -0.3 is 19.9 Å². The summed E-state index contributed by atoms with van der Waals surface area (Å²) in [6.07, 6.45) is 4.87. The molecule has 9 heteroatoms. The smallest absolute Gasteiger partial charge is 0.332 e. The summed E-state index contributed by atoms with van der Waals surface area (Å²) in [5.41, 5.74) is 1.34. The van der Waals surface area contributed by atoms with Crippen LogP contribution in [0.5, 0.6) is 0 Å². The SMILES string of the molecule is CC(C)=CCn1c(N2CCCC(NCCCO)C2)nc2c1c(=O)n(C)c(=O)n2C. The van der Waals surface area contributed by atoms with Gasteiger partial charge in [-0.2, -0.15) is 4.98 Å². The molecule has 9 nitrogen and oxygen atoms in total. The Bertz CT molecular complexity index is 1010. The van der Waals surface area contributed by atoms with Gasteiger partial charge in [0, 0.05) is 46.4 Å². The average molecular weight is 405 g/mol. The average Bonchev–Trinajstić information content (AvgIpc) is 3.09. The van der Waals surface area contributed by atoms with Crippen LogP contribution in [0, 0.1) is 0 Å². The fourth-order valence-electron chi connectivity index (χ4n) is 3.83. The number of allylic oxidation sites excluding steroid dienone is 2. The van der Waals surface area contributed by atoms with E-state index >= 15 is 0 Å². The van der Waals surface area contributed by atoms with Gasteiger partial charge in [-0.25, -0.2) is 4.79 Å². The molecule has 2 aromatic heterocycles. The van der Waals surface area contributed by atoms with Gasteiger partial charge in [0.2, 0.25) is 5.95 Å². The molecular weight excluding hydrogens is 372 g/mol. The van der Waals surface area contributed by atoms with Crippen LogP contribution in [0.15, 0.2) is 21.2 Å². The Labute approximate surface area is 170 Å². The minimum absolute atomic E-state index is 0.180. The van der Waals surface area contributed by atoms with Crippen LogP contribution < -0.4 is 21.5 Å². The first kappa shape index (κ1) is 21.3. The molecule has 2 aromatic rings. The molecule has 0 saturated carbocycles. The molecule has 3 rings (SSSR count). The summed E-state index contributed by atoms with van der Waals surface area (Å²) in [5, 5.41) is 12.5. The first-order valence-corrected chi connectivity index (χ1v) is 10.2. The van der Waals surface area contributed by atoms with E-state index < -0.39 is 0 Å². The molecule has 1 unspecified atom stereocenters. The van der Waals surface area contributed by atoms with Crippen LogP contribution >= 0.6 is 0 Å². The molecule has 0 amide bonds. The summed E-state index contributed by atoms with van der Waals surface area (Å²) in [7, 11) is 3.16. The summed E-state index contributed by atoms with van der Waals surface area (Å²) in [6, 6.07) is 0.304. The van der Waals surface area contributed by atoms with Crippen LogP contribution in [0.1, 0.15) is 33.1 Å². The summed E-state index contributed by atoms with van der Waals surface area (Å²) in [4.78, 5) is 32.2. The highest BCUT2D eigenvalue weighted by Gasteiger charge is 2.26. The Kier molecular flexibility index (Phi) is 6.59. The molecule has 2 N–H and O–H groups in total. The van der Waals surface area contributed by atoms with Crippen molar-refractivity contribution in [1.82, 2.24) is 24.0 Å². The highest BCUT2D eigenvalue weighted by atomic mass is 16.3. The molecule has 160 valence electrons. The van der Waals surface area contributed by atoms with E-state index in [0.717, 1.165) is 55.0 Å². The van der Waals surface area contributed by atoms with Crippen LogP contribution in [0.3, 0.4) is 0 Å². The van der Waals surface area contributed by atoms with E-state index in [4.69, 9.17) is 10.1 Å². The molecule has 0 aliphatic carbocycles. The summed E-state index contributed by atoms with van der Waals surface area (Å²) >= 11 is 0. The third kappa shape index (κ3) is 4.30. The van der Waals surface area contributed by atoms with Crippen molar-refractivity contribution in [3.8, 4) is 0 Å². The van der Waals surface area contributed by atoms with E-state index in [1.807, 2.05) is 18.4 Å². The number of aryl methyl sites for hydroxylation is 1. The lowest BCUT2D eigenvalue weighted by molar-refractivity contribution is 0.280. The van der Waals surface area contributed by atoms with Crippen LogP contribution in [-0.2, 0) is 20.6 Å². The van der Waals surface area contributed by atoms with Crippen molar-refractivity contribution in [2.75, 3.05) is 31.1 Å². The minimum Gasteiger partial charge on any atom is -0.396 e. The maximum atomic E-state index is 12.9. The lowest BCUT2D eigenvalue weighted by Gasteiger charge is -2.34. The monoisotopic (exact) mass is 404 g/mol. The number of aliphatic hydroxyl groups excluding tert-OH is 1. The lowest BCUT2D eigenvalue weighted by Crippen LogP contribution is -2.47. The summed E-state index contributed by atoms with van der Waals surface area (Å²) in [6.45, 7) is 7.16. The maximum Gasteiger partial charge on any atom is 0.332 e. The van der Waals surface area contributed by atoms with Gasteiger partial charge in [-0.1, -0.05) is 11.6 Å². The number of rotatable bonds is 7. The predicted molar refractivity (Wildman–Crippen MR) is 115 cm³/mol. The number of nitrogens with one attached hydrogen (secondary N) is 1. The van der Waals surface area contributed by atoms with Gasteiger partial charge in [0.1, 0.15) is 0 Å². The Balaban J connectivity index is 2.06. The zero-order valence-electron chi connectivity index (χ0n) is 17.8. The number of aromatic nitrogens is 4. The topological polar surface area (TPSA) is 97.3 Å². The Morgan fingerprint density at radius 1 is 1.28 bits per heavy atom. The fourth-order valence-corrected chi connectivity index (χ4v) is 3.83. The second-order valence-corrected chi connectivity index (χ2v) is 8.00. The van der Waals surface area contributed by atoms with E-state index in [1.54, 1.807) is 7.05 Å². The standard InChI is InChI=1S/C20H32N6O3/c1-14(2)8-11-26-16-17(23(3)20(29)24(4)18(16)28)22-19(26)25-10-5-7-15(13-25)21-9-6-12-27/h8,15,21,27H,5-7,9-13H2,1-4H3. The molecule has 0 radical (unpaired) electrons. The molecule has 29 heavy (non-hydrogen) atoms. The van der Waals surface area contributed by atoms with E-state index in [1.165, 1.54) is 11.6 Å². The molecule has 0 aromatic carbocycles. The third-order valence-electron chi connectivity index (χ3n) is 5.48.